The summed E-state index contributed by atoms with van der Waals surface area (Å²) in [6, 6.07) is 0. The molecule has 4 heteroatoms. The van der Waals surface area contributed by atoms with Crippen LogP contribution >= 0.6 is 12.4 Å². The summed E-state index contributed by atoms with van der Waals surface area (Å²) in [7, 11) is 0. The fourth-order valence-corrected chi connectivity index (χ4v) is 3.34. The summed E-state index contributed by atoms with van der Waals surface area (Å²) in [5.74, 6) is 0.352. The van der Waals surface area contributed by atoms with Crippen LogP contribution in [0, 0.1) is 5.41 Å². The lowest BCUT2D eigenvalue weighted by atomic mass is 9.82. The highest BCUT2D eigenvalue weighted by Crippen LogP contribution is 2.32. The minimum Gasteiger partial charge on any atom is -0.341 e. The molecule has 1 N–H and O–H groups in total. The van der Waals surface area contributed by atoms with Gasteiger partial charge >= 0.3 is 0 Å². The van der Waals surface area contributed by atoms with Crippen LogP contribution in [-0.4, -0.2) is 36.0 Å². The molecule has 106 valence electrons. The van der Waals surface area contributed by atoms with Crippen molar-refractivity contribution >= 4 is 18.3 Å². The highest BCUT2D eigenvalue weighted by atomic mass is 35.5. The predicted molar refractivity (Wildman–Crippen MR) is 77.1 cm³/mol. The zero-order valence-electron chi connectivity index (χ0n) is 11.9. The first-order valence-corrected chi connectivity index (χ1v) is 7.04. The van der Waals surface area contributed by atoms with Crippen LogP contribution in [0.5, 0.6) is 0 Å². The van der Waals surface area contributed by atoms with Crippen molar-refractivity contribution in [1.29, 1.82) is 0 Å². The van der Waals surface area contributed by atoms with E-state index in [4.69, 9.17) is 0 Å². The van der Waals surface area contributed by atoms with E-state index in [1.807, 2.05) is 0 Å². The Bertz CT molecular complexity index is 298. The minimum atomic E-state index is -0.243. The molecule has 2 aliphatic rings. The lowest BCUT2D eigenvalue weighted by Gasteiger charge is -2.42. The molecule has 1 unspecified atom stereocenters. The van der Waals surface area contributed by atoms with Crippen molar-refractivity contribution in [3.05, 3.63) is 0 Å². The zero-order chi connectivity index (χ0) is 12.5. The van der Waals surface area contributed by atoms with Gasteiger partial charge in [-0.25, -0.2) is 0 Å². The van der Waals surface area contributed by atoms with Crippen LogP contribution in [-0.2, 0) is 4.79 Å². The summed E-state index contributed by atoms with van der Waals surface area (Å²) in [4.78, 5) is 14.8. The topological polar surface area (TPSA) is 32.3 Å². The first-order chi connectivity index (χ1) is 7.99. The Kier molecular flexibility index (Phi) is 5.07. The van der Waals surface area contributed by atoms with Crippen LogP contribution in [0.1, 0.15) is 52.9 Å². The molecule has 2 aliphatic heterocycles. The van der Waals surface area contributed by atoms with E-state index < -0.39 is 0 Å². The van der Waals surface area contributed by atoms with Crippen molar-refractivity contribution in [3.63, 3.8) is 0 Å². The van der Waals surface area contributed by atoms with Gasteiger partial charge in [0.25, 0.3) is 0 Å². The molecule has 1 atom stereocenters. The third-order valence-electron chi connectivity index (χ3n) is 4.44. The number of carbonyl (C=O) groups is 1. The van der Waals surface area contributed by atoms with Crippen LogP contribution in [0.3, 0.4) is 0 Å². The van der Waals surface area contributed by atoms with Gasteiger partial charge in [0.15, 0.2) is 0 Å². The Labute approximate surface area is 117 Å². The molecule has 0 aromatic rings. The van der Waals surface area contributed by atoms with E-state index in [-0.39, 0.29) is 17.9 Å². The molecule has 0 radical (unpaired) electrons. The van der Waals surface area contributed by atoms with E-state index in [0.717, 1.165) is 45.3 Å². The number of likely N-dealkylation sites (tertiary alicyclic amines) is 1. The second-order valence-corrected chi connectivity index (χ2v) is 6.46. The number of carbonyl (C=O) groups excluding carboxylic acids is 1. The second kappa shape index (κ2) is 5.79. The highest BCUT2D eigenvalue weighted by Gasteiger charge is 2.43. The Morgan fingerprint density at radius 3 is 2.50 bits per heavy atom. The fourth-order valence-electron chi connectivity index (χ4n) is 3.34. The molecule has 2 saturated heterocycles. The van der Waals surface area contributed by atoms with Gasteiger partial charge in [0, 0.05) is 13.1 Å². The molecule has 18 heavy (non-hydrogen) atoms. The summed E-state index contributed by atoms with van der Waals surface area (Å²) >= 11 is 0. The normalized spacial score (nSPS) is 30.9. The lowest BCUT2D eigenvalue weighted by Crippen LogP contribution is -2.57. The van der Waals surface area contributed by atoms with Crippen molar-refractivity contribution in [2.75, 3.05) is 19.6 Å². The van der Waals surface area contributed by atoms with E-state index in [1.165, 1.54) is 6.42 Å². The van der Waals surface area contributed by atoms with Crippen molar-refractivity contribution < 1.29 is 4.79 Å². The SMILES string of the molecule is CCC1(C(=O)N2CCCC(C)(C)C2)CCCN1.Cl. The number of nitrogens with one attached hydrogen (secondary N) is 1. The largest absolute Gasteiger partial charge is 0.341 e. The van der Waals surface area contributed by atoms with Crippen LogP contribution < -0.4 is 5.32 Å². The van der Waals surface area contributed by atoms with Gasteiger partial charge in [0.1, 0.15) is 0 Å². The van der Waals surface area contributed by atoms with Gasteiger partial charge in [-0.1, -0.05) is 20.8 Å². The van der Waals surface area contributed by atoms with Crippen molar-refractivity contribution in [3.8, 4) is 0 Å². The maximum Gasteiger partial charge on any atom is 0.242 e. The van der Waals surface area contributed by atoms with Gasteiger partial charge in [-0.15, -0.1) is 12.4 Å². The molecule has 0 aliphatic carbocycles. The monoisotopic (exact) mass is 274 g/mol. The smallest absolute Gasteiger partial charge is 0.242 e. The van der Waals surface area contributed by atoms with Crippen LogP contribution in [0.4, 0.5) is 0 Å². The van der Waals surface area contributed by atoms with Crippen molar-refractivity contribution in [2.45, 2.75) is 58.4 Å². The standard InChI is InChI=1S/C14H26N2O.ClH/c1-4-14(8-5-9-15-14)12(17)16-10-6-7-13(2,3)11-16;/h15H,4-11H2,1-3H3;1H. The Morgan fingerprint density at radius 1 is 1.28 bits per heavy atom. The zero-order valence-corrected chi connectivity index (χ0v) is 12.7. The Balaban J connectivity index is 0.00000162. The fraction of sp³-hybridized carbons (Fsp3) is 0.929. The number of hydrogen-bond donors (Lipinski definition) is 1. The van der Waals surface area contributed by atoms with Crippen LogP contribution in [0.2, 0.25) is 0 Å². The van der Waals surface area contributed by atoms with E-state index in [9.17, 15) is 4.79 Å². The third-order valence-corrected chi connectivity index (χ3v) is 4.44. The van der Waals surface area contributed by atoms with Gasteiger partial charge in [-0.2, -0.15) is 0 Å². The molecule has 0 aromatic carbocycles. The maximum atomic E-state index is 12.7. The molecule has 1 amide bonds. The molecule has 2 heterocycles. The molecule has 0 aromatic heterocycles. The van der Waals surface area contributed by atoms with Gasteiger partial charge in [-0.3, -0.25) is 4.79 Å². The highest BCUT2D eigenvalue weighted by molar-refractivity contribution is 5.87. The first-order valence-electron chi connectivity index (χ1n) is 7.04. The van der Waals surface area contributed by atoms with Gasteiger partial charge in [0.2, 0.25) is 5.91 Å². The van der Waals surface area contributed by atoms with E-state index in [2.05, 4.69) is 31.0 Å². The molecule has 0 saturated carbocycles. The Hall–Kier alpha value is -0.280. The molecule has 0 bridgehead atoms. The summed E-state index contributed by atoms with van der Waals surface area (Å²) in [6.45, 7) is 9.54. The van der Waals surface area contributed by atoms with Crippen molar-refractivity contribution in [1.82, 2.24) is 10.2 Å². The number of hydrogen-bond acceptors (Lipinski definition) is 2. The summed E-state index contributed by atoms with van der Waals surface area (Å²) in [5, 5.41) is 3.45. The minimum absolute atomic E-state index is 0. The van der Waals surface area contributed by atoms with Crippen LogP contribution in [0.25, 0.3) is 0 Å². The number of piperidine rings is 1. The summed E-state index contributed by atoms with van der Waals surface area (Å²) in [5.41, 5.74) is 0.0505. The molecule has 2 fully saturated rings. The lowest BCUT2D eigenvalue weighted by molar-refractivity contribution is -0.141. The van der Waals surface area contributed by atoms with Gasteiger partial charge in [-0.05, 0) is 44.1 Å². The number of rotatable bonds is 2. The summed E-state index contributed by atoms with van der Waals surface area (Å²) in [6.07, 6.45) is 5.46. The van der Waals surface area contributed by atoms with Gasteiger partial charge < -0.3 is 10.2 Å². The predicted octanol–water partition coefficient (Wildman–Crippen LogP) is 2.59. The summed E-state index contributed by atoms with van der Waals surface area (Å²) < 4.78 is 0. The average molecular weight is 275 g/mol. The van der Waals surface area contributed by atoms with E-state index >= 15 is 0 Å². The van der Waals surface area contributed by atoms with E-state index in [0.29, 0.717) is 11.3 Å². The molecule has 0 spiro atoms. The quantitative estimate of drug-likeness (QED) is 0.839. The molecular formula is C14H27ClN2O. The average Bonchev–Trinajstić information content (AvgIpc) is 2.76. The molecule has 2 rings (SSSR count). The first kappa shape index (κ1) is 15.8. The maximum absolute atomic E-state index is 12.7. The van der Waals surface area contributed by atoms with Crippen molar-refractivity contribution in [2.24, 2.45) is 5.41 Å². The second-order valence-electron chi connectivity index (χ2n) is 6.46. The third kappa shape index (κ3) is 3.00. The van der Waals surface area contributed by atoms with E-state index in [1.54, 1.807) is 0 Å². The number of nitrogens with zero attached hydrogens (tertiary/aromatic N) is 1. The molecular weight excluding hydrogens is 248 g/mol. The van der Waals surface area contributed by atoms with Crippen LogP contribution in [0.15, 0.2) is 0 Å². The van der Waals surface area contributed by atoms with Gasteiger partial charge in [0.05, 0.1) is 5.54 Å². The Morgan fingerprint density at radius 2 is 2.00 bits per heavy atom. The number of amides is 1. The molecule has 3 nitrogen and oxygen atoms in total. The number of halogens is 1.